The third kappa shape index (κ3) is 3.18. The molecular formula is C21H16FN3O3. The number of nitrogens with one attached hydrogen (secondary N) is 1. The minimum atomic E-state index is -0.438. The maximum Gasteiger partial charge on any atom is 0.259 e. The summed E-state index contributed by atoms with van der Waals surface area (Å²) >= 11 is 0. The SMILES string of the molecule is COc1ccc(NC(=O)c2cc(-c3ccccc3F)nc3onc(C)c23)cc1. The van der Waals surface area contributed by atoms with Crippen molar-refractivity contribution in [2.45, 2.75) is 6.92 Å². The molecule has 0 saturated heterocycles. The van der Waals surface area contributed by atoms with Gasteiger partial charge in [-0.2, -0.15) is 0 Å². The van der Waals surface area contributed by atoms with Crippen molar-refractivity contribution in [3.63, 3.8) is 0 Å². The van der Waals surface area contributed by atoms with Gasteiger partial charge in [-0.3, -0.25) is 4.79 Å². The average Bonchev–Trinajstić information content (AvgIpc) is 3.09. The van der Waals surface area contributed by atoms with Crippen LogP contribution < -0.4 is 10.1 Å². The lowest BCUT2D eigenvalue weighted by Crippen LogP contribution is -2.13. The molecule has 1 amide bonds. The van der Waals surface area contributed by atoms with Crippen molar-refractivity contribution in [1.29, 1.82) is 0 Å². The van der Waals surface area contributed by atoms with Crippen LogP contribution in [0.25, 0.3) is 22.4 Å². The average molecular weight is 377 g/mol. The second-order valence-corrected chi connectivity index (χ2v) is 6.17. The fourth-order valence-corrected chi connectivity index (χ4v) is 2.95. The Morgan fingerprint density at radius 1 is 1.14 bits per heavy atom. The quantitative estimate of drug-likeness (QED) is 0.562. The van der Waals surface area contributed by atoms with Gasteiger partial charge in [0.15, 0.2) is 0 Å². The van der Waals surface area contributed by atoms with E-state index in [0.29, 0.717) is 33.8 Å². The molecule has 2 aromatic carbocycles. The Balaban J connectivity index is 1.79. The van der Waals surface area contributed by atoms with Crippen LogP contribution in [-0.4, -0.2) is 23.2 Å². The number of aromatic nitrogens is 2. The summed E-state index contributed by atoms with van der Waals surface area (Å²) in [4.78, 5) is 17.3. The molecular weight excluding hydrogens is 361 g/mol. The van der Waals surface area contributed by atoms with Gasteiger partial charge in [0.2, 0.25) is 0 Å². The molecule has 7 heteroatoms. The number of fused-ring (bicyclic) bond motifs is 1. The molecule has 2 heterocycles. The highest BCUT2D eigenvalue weighted by Crippen LogP contribution is 2.29. The van der Waals surface area contributed by atoms with E-state index in [2.05, 4.69) is 15.5 Å². The normalized spacial score (nSPS) is 10.8. The summed E-state index contributed by atoms with van der Waals surface area (Å²) in [6.45, 7) is 1.72. The highest BCUT2D eigenvalue weighted by molar-refractivity contribution is 6.13. The molecule has 1 N–H and O–H groups in total. The molecule has 0 aliphatic rings. The van der Waals surface area contributed by atoms with Crippen molar-refractivity contribution in [3.8, 4) is 17.0 Å². The molecule has 0 saturated carbocycles. The predicted octanol–water partition coefficient (Wildman–Crippen LogP) is 4.60. The number of nitrogens with zero attached hydrogens (tertiary/aromatic N) is 2. The summed E-state index contributed by atoms with van der Waals surface area (Å²) in [7, 11) is 1.57. The second-order valence-electron chi connectivity index (χ2n) is 6.17. The van der Waals surface area contributed by atoms with E-state index < -0.39 is 5.82 Å². The number of methoxy groups -OCH3 is 1. The standard InChI is InChI=1S/C21H16FN3O3/c1-12-19-16(20(26)23-13-7-9-14(27-2)10-8-13)11-18(24-21(19)28-25-12)15-5-3-4-6-17(15)22/h3-11H,1-2H3,(H,23,26). The minimum Gasteiger partial charge on any atom is -0.497 e. The van der Waals surface area contributed by atoms with Gasteiger partial charge >= 0.3 is 0 Å². The van der Waals surface area contributed by atoms with Gasteiger partial charge in [0, 0.05) is 11.3 Å². The number of benzene rings is 2. The lowest BCUT2D eigenvalue weighted by Gasteiger charge is -2.09. The molecule has 2 aromatic heterocycles. The largest absolute Gasteiger partial charge is 0.497 e. The fourth-order valence-electron chi connectivity index (χ4n) is 2.95. The summed E-state index contributed by atoms with van der Waals surface area (Å²) in [6.07, 6.45) is 0. The van der Waals surface area contributed by atoms with E-state index in [9.17, 15) is 9.18 Å². The first-order chi connectivity index (χ1) is 13.6. The second kappa shape index (κ2) is 7.11. The van der Waals surface area contributed by atoms with Gasteiger partial charge in [-0.25, -0.2) is 9.37 Å². The number of ether oxygens (including phenoxy) is 1. The number of hydrogen-bond donors (Lipinski definition) is 1. The van der Waals surface area contributed by atoms with E-state index in [-0.39, 0.29) is 17.2 Å². The molecule has 0 aliphatic heterocycles. The Labute approximate surface area is 159 Å². The maximum absolute atomic E-state index is 14.2. The zero-order valence-electron chi connectivity index (χ0n) is 15.2. The van der Waals surface area contributed by atoms with Gasteiger partial charge < -0.3 is 14.6 Å². The lowest BCUT2D eigenvalue weighted by molar-refractivity contribution is 0.102. The summed E-state index contributed by atoms with van der Waals surface area (Å²) in [5.74, 6) is -0.130. The molecule has 0 spiro atoms. The highest BCUT2D eigenvalue weighted by Gasteiger charge is 2.20. The molecule has 0 aliphatic carbocycles. The highest BCUT2D eigenvalue weighted by atomic mass is 19.1. The number of amides is 1. The van der Waals surface area contributed by atoms with Gasteiger partial charge in [0.1, 0.15) is 11.6 Å². The van der Waals surface area contributed by atoms with Crippen LogP contribution in [0.15, 0.2) is 59.1 Å². The van der Waals surface area contributed by atoms with E-state index in [1.807, 2.05) is 0 Å². The minimum absolute atomic E-state index is 0.179. The smallest absolute Gasteiger partial charge is 0.259 e. The molecule has 4 rings (SSSR count). The molecule has 0 radical (unpaired) electrons. The number of carbonyl (C=O) groups is 1. The predicted molar refractivity (Wildman–Crippen MR) is 103 cm³/mol. The number of halogens is 1. The molecule has 0 bridgehead atoms. The molecule has 0 fully saturated rings. The van der Waals surface area contributed by atoms with Crippen molar-refractivity contribution in [2.24, 2.45) is 0 Å². The van der Waals surface area contributed by atoms with E-state index >= 15 is 0 Å². The number of pyridine rings is 1. The number of anilines is 1. The number of rotatable bonds is 4. The van der Waals surface area contributed by atoms with Crippen molar-refractivity contribution in [2.75, 3.05) is 12.4 Å². The van der Waals surface area contributed by atoms with E-state index in [0.717, 1.165) is 0 Å². The zero-order valence-corrected chi connectivity index (χ0v) is 15.2. The lowest BCUT2D eigenvalue weighted by atomic mass is 10.0. The Bertz CT molecular complexity index is 1170. The topological polar surface area (TPSA) is 77.2 Å². The van der Waals surface area contributed by atoms with E-state index in [1.165, 1.54) is 6.07 Å². The van der Waals surface area contributed by atoms with Crippen LogP contribution in [0.1, 0.15) is 16.1 Å². The molecule has 28 heavy (non-hydrogen) atoms. The molecule has 0 unspecified atom stereocenters. The Hall–Kier alpha value is -3.74. The fraction of sp³-hybridized carbons (Fsp3) is 0.0952. The number of hydrogen-bond acceptors (Lipinski definition) is 5. The first-order valence-electron chi connectivity index (χ1n) is 8.54. The summed E-state index contributed by atoms with van der Waals surface area (Å²) in [5.41, 5.74) is 2.18. The van der Waals surface area contributed by atoms with Crippen LogP contribution in [0.5, 0.6) is 5.75 Å². The van der Waals surface area contributed by atoms with Crippen molar-refractivity contribution >= 4 is 22.7 Å². The number of aryl methyl sites for hydroxylation is 1. The Morgan fingerprint density at radius 2 is 1.89 bits per heavy atom. The van der Waals surface area contributed by atoms with Crippen LogP contribution >= 0.6 is 0 Å². The molecule has 6 nitrogen and oxygen atoms in total. The van der Waals surface area contributed by atoms with Crippen LogP contribution in [0.3, 0.4) is 0 Å². The van der Waals surface area contributed by atoms with Gasteiger partial charge in [0.25, 0.3) is 11.6 Å². The van der Waals surface area contributed by atoms with Crippen LogP contribution in [-0.2, 0) is 0 Å². The summed E-state index contributed by atoms with van der Waals surface area (Å²) < 4.78 is 24.6. The van der Waals surface area contributed by atoms with Crippen molar-refractivity contribution in [1.82, 2.24) is 10.1 Å². The van der Waals surface area contributed by atoms with E-state index in [1.54, 1.807) is 62.6 Å². The summed E-state index contributed by atoms with van der Waals surface area (Å²) in [6, 6.07) is 14.7. The maximum atomic E-state index is 14.2. The number of carbonyl (C=O) groups excluding carboxylic acids is 1. The first-order valence-corrected chi connectivity index (χ1v) is 8.54. The molecule has 140 valence electrons. The van der Waals surface area contributed by atoms with Crippen molar-refractivity contribution < 1.29 is 18.4 Å². The first kappa shape index (κ1) is 17.7. The third-order valence-corrected chi connectivity index (χ3v) is 4.36. The van der Waals surface area contributed by atoms with Crippen LogP contribution in [0.2, 0.25) is 0 Å². The van der Waals surface area contributed by atoms with E-state index in [4.69, 9.17) is 9.26 Å². The van der Waals surface area contributed by atoms with Gasteiger partial charge in [-0.15, -0.1) is 0 Å². The van der Waals surface area contributed by atoms with Crippen LogP contribution in [0.4, 0.5) is 10.1 Å². The molecule has 0 atom stereocenters. The summed E-state index contributed by atoms with van der Waals surface area (Å²) in [5, 5.41) is 7.22. The Morgan fingerprint density at radius 3 is 2.61 bits per heavy atom. The third-order valence-electron chi connectivity index (χ3n) is 4.36. The van der Waals surface area contributed by atoms with Gasteiger partial charge in [-0.1, -0.05) is 17.3 Å². The monoisotopic (exact) mass is 377 g/mol. The van der Waals surface area contributed by atoms with Gasteiger partial charge in [0.05, 0.1) is 29.4 Å². The molecule has 4 aromatic rings. The Kier molecular flexibility index (Phi) is 4.49. The van der Waals surface area contributed by atoms with Crippen molar-refractivity contribution in [3.05, 3.63) is 71.7 Å². The van der Waals surface area contributed by atoms with Crippen LogP contribution in [0, 0.1) is 12.7 Å². The zero-order chi connectivity index (χ0) is 19.7. The van der Waals surface area contributed by atoms with Gasteiger partial charge in [-0.05, 0) is 49.4 Å².